The van der Waals surface area contributed by atoms with Gasteiger partial charge in [0, 0.05) is 24.9 Å². The van der Waals surface area contributed by atoms with Gasteiger partial charge in [-0.05, 0) is 26.3 Å². The monoisotopic (exact) mass is 359 g/mol. The first-order chi connectivity index (χ1) is 12.5. The standard InChI is InChI=1S/C17H21N5O4/c1-17(2)25-14-9(7-23)5-12(15(14)26-17)21-16-10(6-18-8-19-16)13(24)11-3-4-20-22-11/h3-4,6,8-9,12,14-15,23H,5,7H2,1-2H3,(H,20,22)(H,18,19,21)/t9-,12-,14-,15+/m1/s1. The quantitative estimate of drug-likeness (QED) is 0.668. The molecule has 2 aromatic heterocycles. The van der Waals surface area contributed by atoms with E-state index in [1.54, 1.807) is 6.07 Å². The molecule has 2 aliphatic rings. The SMILES string of the molecule is CC1(C)O[C@@H]2[C@@H](CO)C[C@@H](Nc3ncncc3C(=O)c3ccn[nH]3)[C@@H]2O1. The van der Waals surface area contributed by atoms with Gasteiger partial charge in [-0.1, -0.05) is 0 Å². The Bertz CT molecular complexity index is 794. The van der Waals surface area contributed by atoms with Crippen molar-refractivity contribution >= 4 is 11.6 Å². The van der Waals surface area contributed by atoms with E-state index in [-0.39, 0.29) is 36.6 Å². The number of fused-ring (bicyclic) bond motifs is 1. The molecule has 0 bridgehead atoms. The zero-order chi connectivity index (χ0) is 18.3. The van der Waals surface area contributed by atoms with Crippen molar-refractivity contribution in [3.05, 3.63) is 36.0 Å². The summed E-state index contributed by atoms with van der Waals surface area (Å²) in [5.41, 5.74) is 0.709. The normalized spacial score (nSPS) is 29.5. The fourth-order valence-corrected chi connectivity index (χ4v) is 3.72. The van der Waals surface area contributed by atoms with Gasteiger partial charge in [-0.2, -0.15) is 5.10 Å². The number of carbonyl (C=O) groups is 1. The van der Waals surface area contributed by atoms with E-state index in [2.05, 4.69) is 25.5 Å². The number of ether oxygens (including phenoxy) is 2. The van der Waals surface area contributed by atoms with Gasteiger partial charge in [0.05, 0.1) is 17.7 Å². The molecule has 0 unspecified atom stereocenters. The maximum absolute atomic E-state index is 12.7. The Kier molecular flexibility index (Phi) is 4.22. The maximum Gasteiger partial charge on any atom is 0.216 e. The number of anilines is 1. The number of aromatic nitrogens is 4. The maximum atomic E-state index is 12.7. The Morgan fingerprint density at radius 3 is 2.96 bits per heavy atom. The largest absolute Gasteiger partial charge is 0.396 e. The molecule has 9 heteroatoms. The summed E-state index contributed by atoms with van der Waals surface area (Å²) in [6, 6.07) is 1.46. The number of carbonyl (C=O) groups excluding carboxylic acids is 1. The molecule has 2 fully saturated rings. The molecule has 4 atom stereocenters. The molecule has 0 amide bonds. The summed E-state index contributed by atoms with van der Waals surface area (Å²) in [7, 11) is 0. The molecule has 3 N–H and O–H groups in total. The van der Waals surface area contributed by atoms with Crippen molar-refractivity contribution < 1.29 is 19.4 Å². The number of nitrogens with one attached hydrogen (secondary N) is 2. The molecular weight excluding hydrogens is 338 g/mol. The van der Waals surface area contributed by atoms with E-state index in [0.717, 1.165) is 0 Å². The number of H-pyrrole nitrogens is 1. The van der Waals surface area contributed by atoms with Gasteiger partial charge in [-0.25, -0.2) is 9.97 Å². The van der Waals surface area contributed by atoms with Gasteiger partial charge in [-0.3, -0.25) is 9.89 Å². The van der Waals surface area contributed by atoms with Crippen LogP contribution in [0.25, 0.3) is 0 Å². The molecule has 1 aliphatic heterocycles. The van der Waals surface area contributed by atoms with Crippen LogP contribution in [-0.2, 0) is 9.47 Å². The Labute approximate surface area is 150 Å². The number of aliphatic hydroxyl groups is 1. The summed E-state index contributed by atoms with van der Waals surface area (Å²) in [6.07, 6.45) is 4.61. The molecule has 0 spiro atoms. The minimum absolute atomic E-state index is 0.0164. The minimum Gasteiger partial charge on any atom is -0.396 e. The molecule has 9 nitrogen and oxygen atoms in total. The lowest BCUT2D eigenvalue weighted by Gasteiger charge is -2.24. The number of ketones is 1. The van der Waals surface area contributed by atoms with Gasteiger partial charge in [0.1, 0.15) is 23.9 Å². The van der Waals surface area contributed by atoms with Crippen LogP contribution in [0.5, 0.6) is 0 Å². The fraction of sp³-hybridized carbons (Fsp3) is 0.529. The van der Waals surface area contributed by atoms with Crippen molar-refractivity contribution in [2.24, 2.45) is 5.92 Å². The first-order valence-corrected chi connectivity index (χ1v) is 8.55. The van der Waals surface area contributed by atoms with Crippen molar-refractivity contribution in [3.8, 4) is 0 Å². The summed E-state index contributed by atoms with van der Waals surface area (Å²) >= 11 is 0. The van der Waals surface area contributed by atoms with Crippen molar-refractivity contribution in [3.63, 3.8) is 0 Å². The van der Waals surface area contributed by atoms with Crippen molar-refractivity contribution in [1.82, 2.24) is 20.2 Å². The molecule has 0 aromatic carbocycles. The summed E-state index contributed by atoms with van der Waals surface area (Å²) in [5.74, 6) is -0.561. The Balaban J connectivity index is 1.59. The van der Waals surface area contributed by atoms with Crippen LogP contribution in [0.4, 0.5) is 5.82 Å². The third-order valence-electron chi connectivity index (χ3n) is 4.84. The zero-order valence-electron chi connectivity index (χ0n) is 14.5. The van der Waals surface area contributed by atoms with E-state index in [4.69, 9.17) is 9.47 Å². The van der Waals surface area contributed by atoms with Crippen LogP contribution in [0, 0.1) is 5.92 Å². The van der Waals surface area contributed by atoms with Crippen LogP contribution in [0.3, 0.4) is 0 Å². The Morgan fingerprint density at radius 2 is 2.23 bits per heavy atom. The number of aromatic amines is 1. The molecule has 1 saturated carbocycles. The van der Waals surface area contributed by atoms with Crippen LogP contribution in [0.2, 0.25) is 0 Å². The van der Waals surface area contributed by atoms with Crippen molar-refractivity contribution in [2.75, 3.05) is 11.9 Å². The van der Waals surface area contributed by atoms with E-state index in [9.17, 15) is 9.90 Å². The summed E-state index contributed by atoms with van der Waals surface area (Å²) in [6.45, 7) is 3.73. The van der Waals surface area contributed by atoms with Gasteiger partial charge in [-0.15, -0.1) is 0 Å². The number of aliphatic hydroxyl groups excluding tert-OH is 1. The Morgan fingerprint density at radius 1 is 1.42 bits per heavy atom. The number of rotatable bonds is 5. The molecule has 4 rings (SSSR count). The predicted molar refractivity (Wildman–Crippen MR) is 90.5 cm³/mol. The Hall–Kier alpha value is -2.36. The zero-order valence-corrected chi connectivity index (χ0v) is 14.5. The number of hydrogen-bond donors (Lipinski definition) is 3. The van der Waals surface area contributed by atoms with Crippen molar-refractivity contribution in [2.45, 2.75) is 44.3 Å². The molecule has 1 saturated heterocycles. The second-order valence-corrected chi connectivity index (χ2v) is 7.08. The smallest absolute Gasteiger partial charge is 0.216 e. The second-order valence-electron chi connectivity index (χ2n) is 7.08. The molecule has 2 aromatic rings. The van der Waals surface area contributed by atoms with Crippen LogP contribution in [0.15, 0.2) is 24.8 Å². The topological polar surface area (TPSA) is 122 Å². The molecule has 138 valence electrons. The van der Waals surface area contributed by atoms with Gasteiger partial charge >= 0.3 is 0 Å². The lowest BCUT2D eigenvalue weighted by Crippen LogP contribution is -2.35. The summed E-state index contributed by atoms with van der Waals surface area (Å²) in [5, 5.41) is 19.5. The molecule has 26 heavy (non-hydrogen) atoms. The highest BCUT2D eigenvalue weighted by Gasteiger charge is 2.53. The van der Waals surface area contributed by atoms with Crippen LogP contribution in [0.1, 0.15) is 36.3 Å². The van der Waals surface area contributed by atoms with Gasteiger partial charge in [0.2, 0.25) is 5.78 Å². The fourth-order valence-electron chi connectivity index (χ4n) is 3.72. The van der Waals surface area contributed by atoms with Crippen LogP contribution >= 0.6 is 0 Å². The number of nitrogens with zero attached hydrogens (tertiary/aromatic N) is 3. The predicted octanol–water partition coefficient (Wildman–Crippen LogP) is 0.743. The van der Waals surface area contributed by atoms with Crippen LogP contribution in [-0.4, -0.2) is 61.7 Å². The first kappa shape index (κ1) is 17.1. The summed E-state index contributed by atoms with van der Waals surface area (Å²) in [4.78, 5) is 20.9. The molecular formula is C17H21N5O4. The average Bonchev–Trinajstić information content (AvgIpc) is 3.31. The highest BCUT2D eigenvalue weighted by molar-refractivity contribution is 6.10. The van der Waals surface area contributed by atoms with Crippen LogP contribution < -0.4 is 5.32 Å². The summed E-state index contributed by atoms with van der Waals surface area (Å²) < 4.78 is 12.0. The first-order valence-electron chi connectivity index (χ1n) is 8.55. The third kappa shape index (κ3) is 2.98. The molecule has 3 heterocycles. The van der Waals surface area contributed by atoms with Crippen molar-refractivity contribution in [1.29, 1.82) is 0 Å². The molecule has 1 aliphatic carbocycles. The van der Waals surface area contributed by atoms with E-state index >= 15 is 0 Å². The number of hydrogen-bond acceptors (Lipinski definition) is 8. The van der Waals surface area contributed by atoms with E-state index < -0.39 is 5.79 Å². The average molecular weight is 359 g/mol. The van der Waals surface area contributed by atoms with Gasteiger partial charge in [0.25, 0.3) is 0 Å². The van der Waals surface area contributed by atoms with Gasteiger partial charge < -0.3 is 19.9 Å². The molecule has 0 radical (unpaired) electrons. The second kappa shape index (κ2) is 6.42. The highest BCUT2D eigenvalue weighted by atomic mass is 16.8. The minimum atomic E-state index is -0.705. The highest BCUT2D eigenvalue weighted by Crippen LogP contribution is 2.42. The van der Waals surface area contributed by atoms with E-state index in [0.29, 0.717) is 23.5 Å². The van der Waals surface area contributed by atoms with E-state index in [1.165, 1.54) is 18.7 Å². The van der Waals surface area contributed by atoms with Gasteiger partial charge in [0.15, 0.2) is 5.79 Å². The van der Waals surface area contributed by atoms with E-state index in [1.807, 2.05) is 13.8 Å². The lowest BCUT2D eigenvalue weighted by atomic mass is 10.1. The third-order valence-corrected chi connectivity index (χ3v) is 4.84. The lowest BCUT2D eigenvalue weighted by molar-refractivity contribution is -0.158.